The Labute approximate surface area is 148 Å². The van der Waals surface area contributed by atoms with E-state index in [-0.39, 0.29) is 5.91 Å². The Hall–Kier alpha value is -2.08. The van der Waals surface area contributed by atoms with Crippen LogP contribution < -0.4 is 9.47 Å². The molecule has 1 fully saturated rings. The summed E-state index contributed by atoms with van der Waals surface area (Å²) in [6.07, 6.45) is 1.81. The standard InChI is InChI=1S/C18H24N2O3S/c1-6-22-16-10-13(7-8-15(16)23-11-12(2)3)9-14-17(21)20(5)18(24)19(14)4/h7-10,12H,6,11H2,1-5H3. The van der Waals surface area contributed by atoms with Crippen molar-refractivity contribution >= 4 is 29.3 Å². The summed E-state index contributed by atoms with van der Waals surface area (Å²) in [6, 6.07) is 5.67. The third-order valence-corrected chi connectivity index (χ3v) is 4.15. The predicted molar refractivity (Wildman–Crippen MR) is 99.1 cm³/mol. The number of carbonyl (C=O) groups is 1. The lowest BCUT2D eigenvalue weighted by Gasteiger charge is -2.14. The molecule has 0 saturated carbocycles. The molecule has 0 aromatic heterocycles. The first-order valence-corrected chi connectivity index (χ1v) is 8.43. The minimum Gasteiger partial charge on any atom is -0.490 e. The quantitative estimate of drug-likeness (QED) is 0.583. The van der Waals surface area contributed by atoms with E-state index in [0.717, 1.165) is 5.56 Å². The lowest BCUT2D eigenvalue weighted by atomic mass is 10.1. The van der Waals surface area contributed by atoms with E-state index in [9.17, 15) is 4.79 Å². The van der Waals surface area contributed by atoms with Crippen molar-refractivity contribution in [2.24, 2.45) is 5.92 Å². The van der Waals surface area contributed by atoms with Crippen LogP contribution in [0.2, 0.25) is 0 Å². The topological polar surface area (TPSA) is 42.0 Å². The minimum atomic E-state index is -0.111. The fourth-order valence-electron chi connectivity index (χ4n) is 2.31. The number of carbonyl (C=O) groups excluding carboxylic acids is 1. The molecule has 0 aliphatic carbocycles. The van der Waals surface area contributed by atoms with Crippen LogP contribution in [0.25, 0.3) is 6.08 Å². The van der Waals surface area contributed by atoms with Crippen molar-refractivity contribution in [2.45, 2.75) is 20.8 Å². The second-order valence-electron chi connectivity index (χ2n) is 6.08. The second kappa shape index (κ2) is 7.66. The number of thiocarbonyl (C=S) groups is 1. The number of nitrogens with zero attached hydrogens (tertiary/aromatic N) is 2. The highest BCUT2D eigenvalue weighted by Crippen LogP contribution is 2.30. The highest BCUT2D eigenvalue weighted by Gasteiger charge is 2.32. The van der Waals surface area contributed by atoms with Gasteiger partial charge in [0.2, 0.25) is 0 Å². The smallest absolute Gasteiger partial charge is 0.276 e. The first-order valence-electron chi connectivity index (χ1n) is 8.02. The third kappa shape index (κ3) is 3.87. The Kier molecular flexibility index (Phi) is 5.83. The van der Waals surface area contributed by atoms with Crippen molar-refractivity contribution in [3.8, 4) is 11.5 Å². The molecule has 6 heteroatoms. The van der Waals surface area contributed by atoms with E-state index in [0.29, 0.717) is 41.4 Å². The molecule has 130 valence electrons. The van der Waals surface area contributed by atoms with E-state index in [4.69, 9.17) is 21.7 Å². The zero-order chi connectivity index (χ0) is 17.9. The van der Waals surface area contributed by atoms with Crippen molar-refractivity contribution in [2.75, 3.05) is 27.3 Å². The zero-order valence-corrected chi connectivity index (χ0v) is 15.6. The maximum atomic E-state index is 12.3. The summed E-state index contributed by atoms with van der Waals surface area (Å²) in [5.41, 5.74) is 1.41. The number of rotatable bonds is 6. The predicted octanol–water partition coefficient (Wildman–Crippen LogP) is 3.15. The molecule has 0 spiro atoms. The third-order valence-electron chi connectivity index (χ3n) is 3.60. The molecular formula is C18H24N2O3S. The van der Waals surface area contributed by atoms with E-state index in [1.807, 2.05) is 31.2 Å². The number of hydrogen-bond acceptors (Lipinski definition) is 4. The van der Waals surface area contributed by atoms with E-state index in [2.05, 4.69) is 13.8 Å². The van der Waals surface area contributed by atoms with E-state index in [1.165, 1.54) is 4.90 Å². The molecule has 1 aromatic carbocycles. The normalized spacial score (nSPS) is 16.5. The molecule has 0 N–H and O–H groups in total. The Morgan fingerprint density at radius 2 is 1.88 bits per heavy atom. The summed E-state index contributed by atoms with van der Waals surface area (Å²) < 4.78 is 11.5. The maximum Gasteiger partial charge on any atom is 0.276 e. The summed E-state index contributed by atoms with van der Waals surface area (Å²) >= 11 is 5.23. The molecule has 0 bridgehead atoms. The van der Waals surface area contributed by atoms with Gasteiger partial charge < -0.3 is 14.4 Å². The van der Waals surface area contributed by atoms with Gasteiger partial charge in [-0.25, -0.2) is 0 Å². The average Bonchev–Trinajstić information content (AvgIpc) is 2.72. The van der Waals surface area contributed by atoms with Crippen LogP contribution in [-0.4, -0.2) is 48.1 Å². The molecule has 1 aliphatic rings. The summed E-state index contributed by atoms with van der Waals surface area (Å²) in [7, 11) is 3.47. The van der Waals surface area contributed by atoms with Gasteiger partial charge in [-0.2, -0.15) is 0 Å². The molecular weight excluding hydrogens is 324 g/mol. The first-order chi connectivity index (χ1) is 11.3. The van der Waals surface area contributed by atoms with Gasteiger partial charge in [0, 0.05) is 14.1 Å². The van der Waals surface area contributed by atoms with Gasteiger partial charge in [0.25, 0.3) is 5.91 Å². The Balaban J connectivity index is 2.31. The van der Waals surface area contributed by atoms with Gasteiger partial charge in [0.05, 0.1) is 13.2 Å². The van der Waals surface area contributed by atoms with Gasteiger partial charge in [-0.1, -0.05) is 19.9 Å². The lowest BCUT2D eigenvalue weighted by molar-refractivity contribution is -0.121. The van der Waals surface area contributed by atoms with E-state index >= 15 is 0 Å². The Morgan fingerprint density at radius 1 is 1.17 bits per heavy atom. The highest BCUT2D eigenvalue weighted by atomic mass is 32.1. The molecule has 1 aliphatic heterocycles. The van der Waals surface area contributed by atoms with E-state index in [1.54, 1.807) is 19.0 Å². The SMILES string of the molecule is CCOc1cc(C=C2C(=O)N(C)C(=S)N2C)ccc1OCC(C)C. The summed E-state index contributed by atoms with van der Waals surface area (Å²) in [5.74, 6) is 1.71. The second-order valence-corrected chi connectivity index (χ2v) is 6.44. The maximum absolute atomic E-state index is 12.3. The molecule has 2 rings (SSSR count). The van der Waals surface area contributed by atoms with Crippen molar-refractivity contribution in [1.29, 1.82) is 0 Å². The van der Waals surface area contributed by atoms with Gasteiger partial charge in [-0.15, -0.1) is 0 Å². The van der Waals surface area contributed by atoms with Crippen molar-refractivity contribution < 1.29 is 14.3 Å². The summed E-state index contributed by atoms with van der Waals surface area (Å²) in [6.45, 7) is 7.30. The molecule has 0 atom stereocenters. The molecule has 1 amide bonds. The lowest BCUT2D eigenvalue weighted by Crippen LogP contribution is -2.26. The summed E-state index contributed by atoms with van der Waals surface area (Å²) in [5, 5.41) is 0.494. The fraction of sp³-hybridized carbons (Fsp3) is 0.444. The van der Waals surface area contributed by atoms with Crippen molar-refractivity contribution in [3.05, 3.63) is 29.5 Å². The molecule has 1 saturated heterocycles. The number of benzene rings is 1. The van der Waals surface area contributed by atoms with Gasteiger partial charge in [-0.05, 0) is 48.8 Å². The summed E-state index contributed by atoms with van der Waals surface area (Å²) in [4.78, 5) is 15.4. The molecule has 1 aromatic rings. The molecule has 0 unspecified atom stereocenters. The van der Waals surface area contributed by atoms with Crippen LogP contribution in [0.4, 0.5) is 0 Å². The highest BCUT2D eigenvalue weighted by molar-refractivity contribution is 7.80. The van der Waals surface area contributed by atoms with E-state index < -0.39 is 0 Å². The number of ether oxygens (including phenoxy) is 2. The number of amides is 1. The molecule has 24 heavy (non-hydrogen) atoms. The van der Waals surface area contributed by atoms with Gasteiger partial charge in [0.1, 0.15) is 5.70 Å². The van der Waals surface area contributed by atoms with Crippen LogP contribution in [0.1, 0.15) is 26.3 Å². The monoisotopic (exact) mass is 348 g/mol. The van der Waals surface area contributed by atoms with Crippen LogP contribution in [0.15, 0.2) is 23.9 Å². The molecule has 5 nitrogen and oxygen atoms in total. The van der Waals surface area contributed by atoms with Crippen LogP contribution >= 0.6 is 12.2 Å². The molecule has 1 heterocycles. The van der Waals surface area contributed by atoms with Gasteiger partial charge in [-0.3, -0.25) is 9.69 Å². The van der Waals surface area contributed by atoms with Gasteiger partial charge in [0.15, 0.2) is 16.6 Å². The van der Waals surface area contributed by atoms with Crippen LogP contribution in [-0.2, 0) is 4.79 Å². The fourth-order valence-corrected chi connectivity index (χ4v) is 2.49. The Morgan fingerprint density at radius 3 is 2.42 bits per heavy atom. The zero-order valence-electron chi connectivity index (χ0n) is 14.8. The Bertz CT molecular complexity index is 670. The number of hydrogen-bond donors (Lipinski definition) is 0. The average molecular weight is 348 g/mol. The number of likely N-dealkylation sites (N-methyl/N-ethyl adjacent to an activating group) is 2. The van der Waals surface area contributed by atoms with Crippen LogP contribution in [0.3, 0.4) is 0 Å². The van der Waals surface area contributed by atoms with Crippen LogP contribution in [0.5, 0.6) is 11.5 Å². The minimum absolute atomic E-state index is 0.111. The van der Waals surface area contributed by atoms with Crippen LogP contribution in [0, 0.1) is 5.92 Å². The van der Waals surface area contributed by atoms with Gasteiger partial charge >= 0.3 is 0 Å². The van der Waals surface area contributed by atoms with Crippen molar-refractivity contribution in [3.63, 3.8) is 0 Å². The first kappa shape index (κ1) is 18.3. The largest absolute Gasteiger partial charge is 0.490 e. The van der Waals surface area contributed by atoms with Crippen molar-refractivity contribution in [1.82, 2.24) is 9.80 Å². The molecule has 0 radical (unpaired) electrons.